The zero-order valence-corrected chi connectivity index (χ0v) is 25.2. The fourth-order valence-electron chi connectivity index (χ4n) is 4.23. The second-order valence-corrected chi connectivity index (χ2v) is 12.1. The summed E-state index contributed by atoms with van der Waals surface area (Å²) in [4.78, 5) is 51.8. The zero-order valence-electron chi connectivity index (χ0n) is 24.4. The molecule has 2 heterocycles. The second-order valence-electron chi connectivity index (χ2n) is 11.1. The average Bonchev–Trinajstić information content (AvgIpc) is 3.58. The quantitative estimate of drug-likeness (QED) is 0.138. The molecule has 1 aromatic carbocycles. The average molecular weight is 620 g/mol. The van der Waals surface area contributed by atoms with Crippen LogP contribution < -0.4 is 20.7 Å². The van der Waals surface area contributed by atoms with E-state index in [4.69, 9.17) is 14.9 Å². The first-order valence-electron chi connectivity index (χ1n) is 13.8. The van der Waals surface area contributed by atoms with Gasteiger partial charge in [0.25, 0.3) is 0 Å². The van der Waals surface area contributed by atoms with Crippen LogP contribution in [0.25, 0.3) is 0 Å². The van der Waals surface area contributed by atoms with Crippen molar-refractivity contribution in [3.8, 4) is 5.75 Å². The van der Waals surface area contributed by atoms with E-state index in [1.165, 1.54) is 11.3 Å². The molecule has 12 nitrogen and oxygen atoms in total. The number of benzene rings is 1. The first-order chi connectivity index (χ1) is 20.3. The Morgan fingerprint density at radius 2 is 1.91 bits per heavy atom. The van der Waals surface area contributed by atoms with Gasteiger partial charge in [0.1, 0.15) is 23.2 Å². The fraction of sp³-hybridized carbons (Fsp3) is 0.483. The lowest BCUT2D eigenvalue weighted by molar-refractivity contribution is -0.138. The van der Waals surface area contributed by atoms with Gasteiger partial charge in [-0.05, 0) is 45.4 Å². The lowest BCUT2D eigenvalue weighted by Crippen LogP contribution is -2.49. The zero-order chi connectivity index (χ0) is 31.6. The Bertz CT molecular complexity index is 1300. The minimum absolute atomic E-state index is 0.0297. The van der Waals surface area contributed by atoms with Gasteiger partial charge in [0.15, 0.2) is 5.67 Å². The number of para-hydroxylation sites is 1. The number of ether oxygens (including phenoxy) is 2. The highest BCUT2D eigenvalue weighted by atomic mass is 32.1. The van der Waals surface area contributed by atoms with Crippen LogP contribution in [0.2, 0.25) is 0 Å². The molecule has 2 aromatic rings. The normalized spacial score (nSPS) is 18.1. The second kappa shape index (κ2) is 14.9. The van der Waals surface area contributed by atoms with Crippen molar-refractivity contribution in [3.63, 3.8) is 0 Å². The molecular formula is C29H38FN5O7S. The smallest absolute Gasteiger partial charge is 0.413 e. The molecule has 0 bridgehead atoms. The third kappa shape index (κ3) is 10.6. The maximum atomic E-state index is 15.1. The summed E-state index contributed by atoms with van der Waals surface area (Å²) in [6, 6.07) is 9.55. The van der Waals surface area contributed by atoms with E-state index in [-0.39, 0.29) is 24.7 Å². The van der Waals surface area contributed by atoms with Gasteiger partial charge >= 0.3 is 6.09 Å². The number of thiophene rings is 1. The molecular weight excluding hydrogens is 581 g/mol. The van der Waals surface area contributed by atoms with Crippen LogP contribution in [-0.2, 0) is 25.7 Å². The van der Waals surface area contributed by atoms with Crippen LogP contribution in [0.1, 0.15) is 50.5 Å². The van der Waals surface area contributed by atoms with Crippen LogP contribution in [0.3, 0.4) is 0 Å². The third-order valence-corrected chi connectivity index (χ3v) is 7.23. The Labute approximate surface area is 253 Å². The molecule has 2 atom stereocenters. The van der Waals surface area contributed by atoms with Gasteiger partial charge in [0, 0.05) is 28.7 Å². The van der Waals surface area contributed by atoms with Crippen LogP contribution in [0.15, 0.2) is 41.8 Å². The number of carbonyl (C=O) groups is 4. The summed E-state index contributed by atoms with van der Waals surface area (Å²) in [5.41, 5.74) is -2.47. The standard InChI is InChI=1S/C29H38FN5O7S/c1-28(2,3)42-27(40)34-25(31)19-12-21(43-16-19)14-33-26(39)22-13-29(30,18-36)17-35(22)24(38)15-32-23(37)10-7-11-41-20-8-5-4-6-9-20/h4-6,8-9,12,16,22,36H,7,10-11,13-15,17-18H2,1-3H3,(H,32,37)(H,33,39)(H2,31,34,40)/t22-,29+/m0/s1. The number of alkyl halides is 1. The largest absolute Gasteiger partial charge is 0.494 e. The van der Waals surface area contributed by atoms with Gasteiger partial charge in [-0.15, -0.1) is 11.3 Å². The summed E-state index contributed by atoms with van der Waals surface area (Å²) < 4.78 is 25.8. The molecule has 1 aliphatic rings. The summed E-state index contributed by atoms with van der Waals surface area (Å²) in [6.45, 7) is 3.67. The Kier molecular flexibility index (Phi) is 11.6. The van der Waals surface area contributed by atoms with Gasteiger partial charge in [-0.1, -0.05) is 18.2 Å². The van der Waals surface area contributed by atoms with Crippen molar-refractivity contribution in [1.29, 1.82) is 5.41 Å². The van der Waals surface area contributed by atoms with Gasteiger partial charge in [0.05, 0.1) is 32.8 Å². The van der Waals surface area contributed by atoms with Crippen molar-refractivity contribution in [1.82, 2.24) is 20.9 Å². The molecule has 0 aliphatic carbocycles. The van der Waals surface area contributed by atoms with E-state index in [9.17, 15) is 24.3 Å². The number of halogens is 1. The first kappa shape index (κ1) is 33.5. The van der Waals surface area contributed by atoms with Crippen LogP contribution >= 0.6 is 11.3 Å². The summed E-state index contributed by atoms with van der Waals surface area (Å²) >= 11 is 1.23. The molecule has 0 spiro atoms. The van der Waals surface area contributed by atoms with Gasteiger partial charge < -0.3 is 30.1 Å². The maximum Gasteiger partial charge on any atom is 0.413 e. The summed E-state index contributed by atoms with van der Waals surface area (Å²) in [6.07, 6.45) is -0.632. The number of aliphatic hydroxyl groups excluding tert-OH is 1. The minimum atomic E-state index is -2.16. The monoisotopic (exact) mass is 619 g/mol. The highest BCUT2D eigenvalue weighted by molar-refractivity contribution is 7.10. The molecule has 4 amide bonds. The molecule has 5 N–H and O–H groups in total. The number of hydrogen-bond donors (Lipinski definition) is 5. The predicted octanol–water partition coefficient (Wildman–Crippen LogP) is 2.49. The van der Waals surface area contributed by atoms with Crippen molar-refractivity contribution in [2.75, 3.05) is 26.3 Å². The minimum Gasteiger partial charge on any atom is -0.494 e. The summed E-state index contributed by atoms with van der Waals surface area (Å²) in [7, 11) is 0. The number of likely N-dealkylation sites (tertiary alicyclic amines) is 1. The molecule has 3 rings (SSSR count). The number of amidine groups is 1. The summed E-state index contributed by atoms with van der Waals surface area (Å²) in [5, 5.41) is 26.8. The van der Waals surface area contributed by atoms with Gasteiger partial charge in [-0.25, -0.2) is 9.18 Å². The van der Waals surface area contributed by atoms with E-state index in [1.54, 1.807) is 44.4 Å². The lowest BCUT2D eigenvalue weighted by atomic mass is 10.0. The fourth-order valence-corrected chi connectivity index (χ4v) is 5.04. The van der Waals surface area contributed by atoms with Crippen LogP contribution in [0.5, 0.6) is 5.75 Å². The van der Waals surface area contributed by atoms with E-state index in [0.29, 0.717) is 29.2 Å². The molecule has 1 aliphatic heterocycles. The highest BCUT2D eigenvalue weighted by Gasteiger charge is 2.49. The van der Waals surface area contributed by atoms with Crippen LogP contribution in [0.4, 0.5) is 9.18 Å². The molecule has 234 valence electrons. The summed E-state index contributed by atoms with van der Waals surface area (Å²) in [5.74, 6) is -1.15. The number of amides is 4. The van der Waals surface area contributed by atoms with Gasteiger partial charge in [-0.3, -0.25) is 25.1 Å². The van der Waals surface area contributed by atoms with E-state index in [1.807, 2.05) is 18.2 Å². The SMILES string of the molecule is CC(C)(C)OC(=O)NC(=N)c1csc(CNC(=O)[C@@H]2C[C@](F)(CO)CN2C(=O)CNC(=O)CCCOc2ccccc2)c1. The molecule has 1 aromatic heterocycles. The molecule has 0 radical (unpaired) electrons. The van der Waals surface area contributed by atoms with E-state index in [2.05, 4.69) is 16.0 Å². The molecule has 0 saturated carbocycles. The Morgan fingerprint density at radius 1 is 1.19 bits per heavy atom. The molecule has 14 heteroatoms. The molecule has 1 fully saturated rings. The van der Waals surface area contributed by atoms with Crippen molar-refractivity contribution < 1.29 is 38.1 Å². The number of nitrogens with one attached hydrogen (secondary N) is 4. The van der Waals surface area contributed by atoms with Crippen LogP contribution in [0, 0.1) is 5.41 Å². The number of nitrogens with zero attached hydrogens (tertiary/aromatic N) is 1. The topological polar surface area (TPSA) is 170 Å². The van der Waals surface area contributed by atoms with Crippen molar-refractivity contribution in [3.05, 3.63) is 52.2 Å². The van der Waals surface area contributed by atoms with Crippen molar-refractivity contribution in [2.45, 2.75) is 63.9 Å². The van der Waals surface area contributed by atoms with E-state index >= 15 is 4.39 Å². The number of aliphatic hydroxyl groups is 1. The molecule has 0 unspecified atom stereocenters. The number of alkyl carbamates (subject to hydrolysis) is 1. The lowest BCUT2D eigenvalue weighted by Gasteiger charge is -2.24. The Hall–Kier alpha value is -4.04. The predicted molar refractivity (Wildman–Crippen MR) is 158 cm³/mol. The highest BCUT2D eigenvalue weighted by Crippen LogP contribution is 2.31. The van der Waals surface area contributed by atoms with Crippen LogP contribution in [-0.4, -0.2) is 83.3 Å². The molecule has 43 heavy (non-hydrogen) atoms. The van der Waals surface area contributed by atoms with Gasteiger partial charge in [-0.2, -0.15) is 0 Å². The third-order valence-electron chi connectivity index (χ3n) is 6.30. The first-order valence-corrected chi connectivity index (χ1v) is 14.6. The van der Waals surface area contributed by atoms with Crippen molar-refractivity contribution in [2.24, 2.45) is 0 Å². The number of rotatable bonds is 12. The maximum absolute atomic E-state index is 15.1. The Morgan fingerprint density at radius 3 is 2.58 bits per heavy atom. The number of hydrogen-bond acceptors (Lipinski definition) is 9. The van der Waals surface area contributed by atoms with Crippen molar-refractivity contribution >= 4 is 41.0 Å². The van der Waals surface area contributed by atoms with E-state index in [0.717, 1.165) is 4.90 Å². The van der Waals surface area contributed by atoms with E-state index < -0.39 is 61.3 Å². The Balaban J connectivity index is 1.48. The number of carbonyl (C=O) groups excluding carboxylic acids is 4. The van der Waals surface area contributed by atoms with Gasteiger partial charge in [0.2, 0.25) is 17.7 Å². The molecule has 1 saturated heterocycles.